The Morgan fingerprint density at radius 3 is 2.92 bits per heavy atom. The fourth-order valence-electron chi connectivity index (χ4n) is 1.21. The van der Waals surface area contributed by atoms with E-state index in [1.807, 2.05) is 17.5 Å². The monoisotopic (exact) mass is 209 g/mol. The van der Waals surface area contributed by atoms with E-state index in [1.54, 1.807) is 6.07 Å². The summed E-state index contributed by atoms with van der Waals surface area (Å²) in [6.45, 7) is 0. The van der Waals surface area contributed by atoms with Crippen molar-refractivity contribution < 1.29 is 5.11 Å². The second kappa shape index (κ2) is 2.97. The minimum Gasteiger partial charge on any atom is -0.506 e. The molecule has 1 aromatic carbocycles. The molecule has 4 heteroatoms. The van der Waals surface area contributed by atoms with Crippen LogP contribution < -0.4 is 5.73 Å². The molecular weight excluding hydrogens is 202 g/mol. The van der Waals surface area contributed by atoms with Crippen molar-refractivity contribution in [1.82, 2.24) is 0 Å². The zero-order valence-corrected chi connectivity index (χ0v) is 8.28. The molecule has 66 valence electrons. The third-order valence-electron chi connectivity index (χ3n) is 1.82. The lowest BCUT2D eigenvalue weighted by Crippen LogP contribution is -2.08. The van der Waals surface area contributed by atoms with Gasteiger partial charge < -0.3 is 10.8 Å². The second-order valence-electron chi connectivity index (χ2n) is 2.70. The molecular formula is C9H7NOS2. The van der Waals surface area contributed by atoms with Gasteiger partial charge in [0, 0.05) is 5.56 Å². The maximum absolute atomic E-state index is 9.59. The van der Waals surface area contributed by atoms with Crippen molar-refractivity contribution in [2.24, 2.45) is 5.73 Å². The summed E-state index contributed by atoms with van der Waals surface area (Å²) in [7, 11) is 0. The Bertz CT molecular complexity index is 475. The van der Waals surface area contributed by atoms with E-state index in [-0.39, 0.29) is 5.75 Å². The number of thiophene rings is 1. The molecule has 0 aliphatic carbocycles. The zero-order chi connectivity index (χ0) is 9.42. The molecule has 0 bridgehead atoms. The summed E-state index contributed by atoms with van der Waals surface area (Å²) in [6.07, 6.45) is 0. The van der Waals surface area contributed by atoms with Gasteiger partial charge in [-0.2, -0.15) is 0 Å². The van der Waals surface area contributed by atoms with E-state index in [9.17, 15) is 5.11 Å². The van der Waals surface area contributed by atoms with Crippen molar-refractivity contribution in [2.75, 3.05) is 0 Å². The van der Waals surface area contributed by atoms with Crippen LogP contribution in [-0.4, -0.2) is 10.1 Å². The van der Waals surface area contributed by atoms with Crippen LogP contribution in [0.25, 0.3) is 10.1 Å². The predicted molar refractivity (Wildman–Crippen MR) is 59.4 cm³/mol. The number of nitrogens with two attached hydrogens (primary N) is 1. The lowest BCUT2D eigenvalue weighted by molar-refractivity contribution is 0.482. The minimum atomic E-state index is 0.246. The molecule has 2 nitrogen and oxygen atoms in total. The first-order chi connectivity index (χ1) is 6.18. The van der Waals surface area contributed by atoms with Crippen LogP contribution in [0.1, 0.15) is 5.56 Å². The summed E-state index contributed by atoms with van der Waals surface area (Å²) >= 11 is 6.33. The molecule has 0 fully saturated rings. The predicted octanol–water partition coefficient (Wildman–Crippen LogP) is 2.24. The Morgan fingerprint density at radius 2 is 2.23 bits per heavy atom. The average molecular weight is 209 g/mol. The van der Waals surface area contributed by atoms with Gasteiger partial charge in [0.25, 0.3) is 0 Å². The van der Waals surface area contributed by atoms with Crippen molar-refractivity contribution in [3.63, 3.8) is 0 Å². The second-order valence-corrected chi connectivity index (χ2v) is 4.05. The first-order valence-corrected chi connectivity index (χ1v) is 4.97. The number of hydrogen-bond acceptors (Lipinski definition) is 3. The van der Waals surface area contributed by atoms with Crippen molar-refractivity contribution in [1.29, 1.82) is 0 Å². The van der Waals surface area contributed by atoms with Crippen molar-refractivity contribution in [3.8, 4) is 5.75 Å². The molecule has 0 unspecified atom stereocenters. The molecule has 0 saturated carbocycles. The van der Waals surface area contributed by atoms with Crippen LogP contribution in [0.3, 0.4) is 0 Å². The maximum atomic E-state index is 9.59. The summed E-state index contributed by atoms with van der Waals surface area (Å²) in [4.78, 5) is 0.309. The Kier molecular flexibility index (Phi) is 1.94. The van der Waals surface area contributed by atoms with Crippen molar-refractivity contribution in [3.05, 3.63) is 29.1 Å². The van der Waals surface area contributed by atoms with Crippen LogP contribution in [0, 0.1) is 0 Å². The lowest BCUT2D eigenvalue weighted by atomic mass is 10.1. The Labute approximate surface area is 84.6 Å². The molecule has 2 rings (SSSR count). The summed E-state index contributed by atoms with van der Waals surface area (Å²) in [5.41, 5.74) is 6.17. The number of fused-ring (bicyclic) bond motifs is 1. The highest BCUT2D eigenvalue weighted by atomic mass is 32.1. The van der Waals surface area contributed by atoms with Gasteiger partial charge >= 0.3 is 0 Å². The van der Waals surface area contributed by atoms with E-state index < -0.39 is 0 Å². The first-order valence-electron chi connectivity index (χ1n) is 3.68. The molecule has 1 aromatic heterocycles. The molecule has 0 aliphatic rings. The number of rotatable bonds is 1. The van der Waals surface area contributed by atoms with Gasteiger partial charge in [0.2, 0.25) is 0 Å². The average Bonchev–Trinajstić information content (AvgIpc) is 2.51. The Morgan fingerprint density at radius 1 is 1.46 bits per heavy atom. The van der Waals surface area contributed by atoms with Crippen LogP contribution in [0.2, 0.25) is 0 Å². The number of hydrogen-bond donors (Lipinski definition) is 2. The van der Waals surface area contributed by atoms with Gasteiger partial charge in [0.15, 0.2) is 0 Å². The van der Waals surface area contributed by atoms with E-state index in [2.05, 4.69) is 0 Å². The van der Waals surface area contributed by atoms with Gasteiger partial charge in [-0.15, -0.1) is 11.3 Å². The van der Waals surface area contributed by atoms with Crippen molar-refractivity contribution in [2.45, 2.75) is 0 Å². The van der Waals surface area contributed by atoms with Crippen molar-refractivity contribution >= 4 is 38.6 Å². The van der Waals surface area contributed by atoms with Crippen LogP contribution in [-0.2, 0) is 0 Å². The van der Waals surface area contributed by atoms with Gasteiger partial charge in [-0.25, -0.2) is 0 Å². The zero-order valence-electron chi connectivity index (χ0n) is 6.65. The van der Waals surface area contributed by atoms with E-state index in [1.165, 1.54) is 11.3 Å². The van der Waals surface area contributed by atoms with E-state index >= 15 is 0 Å². The first kappa shape index (κ1) is 8.47. The van der Waals surface area contributed by atoms with Crippen LogP contribution >= 0.6 is 23.6 Å². The number of aromatic hydroxyl groups is 1. The molecule has 13 heavy (non-hydrogen) atoms. The summed E-state index contributed by atoms with van der Waals surface area (Å²) in [5.74, 6) is 0.246. The molecule has 0 saturated heterocycles. The summed E-state index contributed by atoms with van der Waals surface area (Å²) in [6, 6.07) is 5.41. The lowest BCUT2D eigenvalue weighted by Gasteiger charge is -2.00. The fourth-order valence-corrected chi connectivity index (χ4v) is 2.12. The largest absolute Gasteiger partial charge is 0.506 e. The quantitative estimate of drug-likeness (QED) is 0.708. The van der Waals surface area contributed by atoms with Gasteiger partial charge in [-0.05, 0) is 29.0 Å². The Hall–Kier alpha value is -1.13. The number of phenolic OH excluding ortho intramolecular Hbond substituents is 1. The summed E-state index contributed by atoms with van der Waals surface area (Å²) < 4.78 is 0.875. The number of thiocarbonyl (C=S) groups is 1. The van der Waals surface area contributed by atoms with Gasteiger partial charge in [-0.3, -0.25) is 0 Å². The highest BCUT2D eigenvalue weighted by Crippen LogP contribution is 2.30. The van der Waals surface area contributed by atoms with Crippen LogP contribution in [0.4, 0.5) is 0 Å². The minimum absolute atomic E-state index is 0.246. The molecule has 0 aliphatic heterocycles. The molecule has 0 amide bonds. The Balaban J connectivity index is 2.77. The molecule has 1 heterocycles. The van der Waals surface area contributed by atoms with Gasteiger partial charge in [0.1, 0.15) is 10.7 Å². The van der Waals surface area contributed by atoms with Gasteiger partial charge in [-0.1, -0.05) is 12.2 Å². The molecule has 0 radical (unpaired) electrons. The molecule has 2 aromatic rings. The number of phenols is 1. The third-order valence-corrected chi connectivity index (χ3v) is 3.00. The van der Waals surface area contributed by atoms with E-state index in [4.69, 9.17) is 18.0 Å². The van der Waals surface area contributed by atoms with E-state index in [0.717, 1.165) is 10.1 Å². The molecule has 0 atom stereocenters. The third kappa shape index (κ3) is 1.38. The van der Waals surface area contributed by atoms with Gasteiger partial charge in [0.05, 0.1) is 4.70 Å². The fraction of sp³-hybridized carbons (Fsp3) is 0. The van der Waals surface area contributed by atoms with Crippen LogP contribution in [0.5, 0.6) is 5.75 Å². The summed E-state index contributed by atoms with van der Waals surface area (Å²) in [5, 5.41) is 12.5. The maximum Gasteiger partial charge on any atom is 0.134 e. The van der Waals surface area contributed by atoms with E-state index in [0.29, 0.717) is 10.6 Å². The topological polar surface area (TPSA) is 46.2 Å². The van der Waals surface area contributed by atoms with Crippen LogP contribution in [0.15, 0.2) is 23.6 Å². The smallest absolute Gasteiger partial charge is 0.134 e. The highest BCUT2D eigenvalue weighted by Gasteiger charge is 2.05. The molecule has 0 spiro atoms. The highest BCUT2D eigenvalue weighted by molar-refractivity contribution is 7.80. The molecule has 3 N–H and O–H groups in total. The SMILES string of the molecule is NC(=S)c1cc(O)c2sccc2c1. The standard InChI is InChI=1S/C9H7NOS2/c10-9(12)6-3-5-1-2-13-8(5)7(11)4-6/h1-4,11H,(H2,10,12). The normalized spacial score (nSPS) is 10.5. The number of benzene rings is 1.